The molecule has 198 valence electrons. The van der Waals surface area contributed by atoms with Crippen molar-refractivity contribution in [2.45, 2.75) is 58.4 Å². The van der Waals surface area contributed by atoms with Gasteiger partial charge < -0.3 is 14.2 Å². The molecule has 2 aliphatic heterocycles. The number of hydrogen-bond acceptors (Lipinski definition) is 6. The van der Waals surface area contributed by atoms with Crippen LogP contribution in [0.3, 0.4) is 0 Å². The van der Waals surface area contributed by atoms with E-state index in [4.69, 9.17) is 14.2 Å². The van der Waals surface area contributed by atoms with Crippen LogP contribution in [0.4, 0.5) is 4.79 Å². The molecule has 0 spiro atoms. The van der Waals surface area contributed by atoms with Gasteiger partial charge in [0.05, 0.1) is 18.7 Å². The monoisotopic (exact) mass is 505 g/mol. The smallest absolute Gasteiger partial charge is 0.419 e. The molecule has 0 aliphatic carbocycles. The van der Waals surface area contributed by atoms with E-state index in [1.807, 2.05) is 57.3 Å². The Morgan fingerprint density at radius 1 is 1.00 bits per heavy atom. The van der Waals surface area contributed by atoms with Gasteiger partial charge in [-0.25, -0.2) is 4.79 Å². The van der Waals surface area contributed by atoms with Crippen LogP contribution in [0.1, 0.15) is 44.7 Å². The summed E-state index contributed by atoms with van der Waals surface area (Å²) in [5.74, 6) is 0.797. The average molecular weight is 506 g/mol. The highest BCUT2D eigenvalue weighted by atomic mass is 16.6. The zero-order valence-electron chi connectivity index (χ0n) is 22.3. The first-order valence-corrected chi connectivity index (χ1v) is 13.4. The Hall–Kier alpha value is -2.87. The zero-order chi connectivity index (χ0) is 25.8. The molecule has 0 atom stereocenters. The normalized spacial score (nSPS) is 18.2. The molecule has 2 fully saturated rings. The highest BCUT2D eigenvalue weighted by Crippen LogP contribution is 2.30. The molecule has 3 aromatic rings. The van der Waals surface area contributed by atoms with Crippen molar-refractivity contribution in [2.75, 3.05) is 39.4 Å². The number of fused-ring (bicyclic) bond motifs is 1. The van der Waals surface area contributed by atoms with Crippen LogP contribution in [-0.2, 0) is 22.6 Å². The summed E-state index contributed by atoms with van der Waals surface area (Å²) in [7, 11) is 0. The van der Waals surface area contributed by atoms with E-state index in [9.17, 15) is 4.79 Å². The highest BCUT2D eigenvalue weighted by molar-refractivity contribution is 5.93. The van der Waals surface area contributed by atoms with Crippen LogP contribution in [0, 0.1) is 0 Å². The van der Waals surface area contributed by atoms with Crippen LogP contribution >= 0.6 is 0 Å². The lowest BCUT2D eigenvalue weighted by molar-refractivity contribution is 0.000252. The van der Waals surface area contributed by atoms with Crippen LogP contribution in [0.2, 0.25) is 0 Å². The molecule has 0 N–H and O–H groups in total. The predicted octanol–water partition coefficient (Wildman–Crippen LogP) is 5.30. The van der Waals surface area contributed by atoms with Crippen molar-refractivity contribution in [3.63, 3.8) is 0 Å². The summed E-state index contributed by atoms with van der Waals surface area (Å²) >= 11 is 0. The molecule has 5 rings (SSSR count). The average Bonchev–Trinajstić information content (AvgIpc) is 3.26. The van der Waals surface area contributed by atoms with E-state index >= 15 is 0 Å². The quantitative estimate of drug-likeness (QED) is 0.453. The Morgan fingerprint density at radius 2 is 1.73 bits per heavy atom. The van der Waals surface area contributed by atoms with Gasteiger partial charge in [-0.2, -0.15) is 0 Å². The van der Waals surface area contributed by atoms with E-state index in [1.165, 1.54) is 0 Å². The van der Waals surface area contributed by atoms with Crippen molar-refractivity contribution in [2.24, 2.45) is 0 Å². The molecule has 2 saturated heterocycles. The SMILES string of the molecule is CC(C)(C)OC(=O)n1cc(CN2CCC(N3CCOCC3)CC2)c2cc(OCc3ccccc3)ccc21. The zero-order valence-corrected chi connectivity index (χ0v) is 22.3. The van der Waals surface area contributed by atoms with Gasteiger partial charge in [0, 0.05) is 37.3 Å². The molecule has 3 heterocycles. The Labute approximate surface area is 219 Å². The lowest BCUT2D eigenvalue weighted by Crippen LogP contribution is -2.48. The van der Waals surface area contributed by atoms with Crippen molar-refractivity contribution in [1.82, 2.24) is 14.4 Å². The number of likely N-dealkylation sites (tertiary alicyclic amines) is 1. The maximum Gasteiger partial charge on any atom is 0.419 e. The summed E-state index contributed by atoms with van der Waals surface area (Å²) in [5.41, 5.74) is 2.53. The number of benzene rings is 2. The molecule has 1 aromatic heterocycles. The number of aromatic nitrogens is 1. The molecule has 2 aromatic carbocycles. The molecule has 7 nitrogen and oxygen atoms in total. The largest absolute Gasteiger partial charge is 0.489 e. The third kappa shape index (κ3) is 6.53. The van der Waals surface area contributed by atoms with Gasteiger partial charge in [-0.15, -0.1) is 0 Å². The van der Waals surface area contributed by atoms with Gasteiger partial charge in [-0.3, -0.25) is 14.4 Å². The first kappa shape index (κ1) is 25.8. The molecule has 0 saturated carbocycles. The molecule has 0 unspecified atom stereocenters. The van der Waals surface area contributed by atoms with Crippen molar-refractivity contribution < 1.29 is 19.0 Å². The minimum absolute atomic E-state index is 0.354. The highest BCUT2D eigenvalue weighted by Gasteiger charge is 2.27. The Morgan fingerprint density at radius 3 is 2.43 bits per heavy atom. The fourth-order valence-corrected chi connectivity index (χ4v) is 5.32. The van der Waals surface area contributed by atoms with E-state index in [0.29, 0.717) is 12.6 Å². The van der Waals surface area contributed by atoms with Crippen LogP contribution in [0.5, 0.6) is 5.75 Å². The maximum absolute atomic E-state index is 13.1. The van der Waals surface area contributed by atoms with Gasteiger partial charge in [0.15, 0.2) is 0 Å². The summed E-state index contributed by atoms with van der Waals surface area (Å²) in [6, 6.07) is 16.8. The van der Waals surface area contributed by atoms with E-state index in [2.05, 4.69) is 28.0 Å². The minimum Gasteiger partial charge on any atom is -0.489 e. The Balaban J connectivity index is 1.34. The summed E-state index contributed by atoms with van der Waals surface area (Å²) in [5, 5.41) is 1.03. The number of carbonyl (C=O) groups excluding carboxylic acids is 1. The van der Waals surface area contributed by atoms with Crippen molar-refractivity contribution >= 4 is 17.0 Å². The maximum atomic E-state index is 13.1. The number of hydrogen-bond donors (Lipinski definition) is 0. The molecule has 37 heavy (non-hydrogen) atoms. The summed E-state index contributed by atoms with van der Waals surface area (Å²) in [6.45, 7) is 12.9. The van der Waals surface area contributed by atoms with E-state index < -0.39 is 5.60 Å². The number of carbonyl (C=O) groups is 1. The Kier molecular flexibility index (Phi) is 7.84. The number of rotatable bonds is 6. The first-order valence-electron chi connectivity index (χ1n) is 13.4. The first-order chi connectivity index (χ1) is 17.9. The molecule has 0 amide bonds. The van der Waals surface area contributed by atoms with Gasteiger partial charge in [0.1, 0.15) is 18.0 Å². The van der Waals surface area contributed by atoms with Crippen molar-refractivity contribution in [3.05, 3.63) is 65.9 Å². The van der Waals surface area contributed by atoms with Crippen molar-refractivity contribution in [3.8, 4) is 5.75 Å². The molecular formula is C30H39N3O4. The number of ether oxygens (including phenoxy) is 3. The van der Waals surface area contributed by atoms with Gasteiger partial charge >= 0.3 is 6.09 Å². The minimum atomic E-state index is -0.562. The lowest BCUT2D eigenvalue weighted by Gasteiger charge is -2.40. The fourth-order valence-electron chi connectivity index (χ4n) is 5.32. The topological polar surface area (TPSA) is 56.2 Å². The third-order valence-corrected chi connectivity index (χ3v) is 7.21. The third-order valence-electron chi connectivity index (χ3n) is 7.21. The molecular weight excluding hydrogens is 466 g/mol. The van der Waals surface area contributed by atoms with Gasteiger partial charge in [-0.05, 0) is 76.0 Å². The fraction of sp³-hybridized carbons (Fsp3) is 0.500. The van der Waals surface area contributed by atoms with Gasteiger partial charge in [0.2, 0.25) is 0 Å². The molecule has 0 bridgehead atoms. The standard InChI is InChI=1S/C30H39N3O4/c1-30(2,3)37-29(34)33-21-24(20-31-13-11-25(12-14-31)32-15-17-35-18-16-32)27-19-26(9-10-28(27)33)36-22-23-7-5-4-6-8-23/h4-10,19,21,25H,11-18,20,22H2,1-3H3. The number of piperidine rings is 1. The molecule has 7 heteroatoms. The lowest BCUT2D eigenvalue weighted by atomic mass is 10.0. The van der Waals surface area contributed by atoms with Crippen LogP contribution in [0.15, 0.2) is 54.7 Å². The van der Waals surface area contributed by atoms with Crippen LogP contribution < -0.4 is 4.74 Å². The second-order valence-electron chi connectivity index (χ2n) is 11.1. The van der Waals surface area contributed by atoms with E-state index in [-0.39, 0.29) is 6.09 Å². The summed E-state index contributed by atoms with van der Waals surface area (Å²) < 4.78 is 19.0. The molecule has 2 aliphatic rings. The predicted molar refractivity (Wildman–Crippen MR) is 145 cm³/mol. The Bertz CT molecular complexity index is 1190. The van der Waals surface area contributed by atoms with Crippen molar-refractivity contribution in [1.29, 1.82) is 0 Å². The molecule has 0 radical (unpaired) electrons. The number of morpholine rings is 1. The summed E-state index contributed by atoms with van der Waals surface area (Å²) in [6.07, 6.45) is 3.92. The summed E-state index contributed by atoms with van der Waals surface area (Å²) in [4.78, 5) is 18.2. The van der Waals surface area contributed by atoms with Crippen LogP contribution in [-0.4, -0.2) is 71.5 Å². The van der Waals surface area contributed by atoms with E-state index in [1.54, 1.807) is 4.57 Å². The van der Waals surface area contributed by atoms with Crippen LogP contribution in [0.25, 0.3) is 10.9 Å². The van der Waals surface area contributed by atoms with Gasteiger partial charge in [-0.1, -0.05) is 30.3 Å². The van der Waals surface area contributed by atoms with E-state index in [0.717, 1.165) is 86.6 Å². The second kappa shape index (κ2) is 11.3. The van der Waals surface area contributed by atoms with Gasteiger partial charge in [0.25, 0.3) is 0 Å². The number of nitrogens with zero attached hydrogens (tertiary/aromatic N) is 3. The second-order valence-corrected chi connectivity index (χ2v) is 11.1.